The molecule has 1 aliphatic heterocycles. The SMILES string of the molecule is CN(CCNCCS(C)(=O)=O)CC1CCN(C)C1. The standard InChI is InChI=1S/C12H27N3O2S/c1-14-7-4-12(10-14)11-15(2)8-5-13-6-9-18(3,16)17/h12-13H,4-11H2,1-3H3. The summed E-state index contributed by atoms with van der Waals surface area (Å²) >= 11 is 0. The van der Waals surface area contributed by atoms with Crippen molar-refractivity contribution in [3.8, 4) is 0 Å². The Hall–Kier alpha value is -0.170. The van der Waals surface area contributed by atoms with Crippen molar-refractivity contribution in [1.82, 2.24) is 15.1 Å². The second kappa shape index (κ2) is 7.43. The molecule has 1 saturated heterocycles. The van der Waals surface area contributed by atoms with Gasteiger partial charge in [0.25, 0.3) is 0 Å². The van der Waals surface area contributed by atoms with Gasteiger partial charge in [-0.2, -0.15) is 0 Å². The van der Waals surface area contributed by atoms with Gasteiger partial charge in [-0.25, -0.2) is 8.42 Å². The molecule has 0 radical (unpaired) electrons. The molecule has 1 unspecified atom stereocenters. The Morgan fingerprint density at radius 3 is 2.67 bits per heavy atom. The van der Waals surface area contributed by atoms with Crippen LogP contribution in [0.5, 0.6) is 0 Å². The molecule has 0 bridgehead atoms. The van der Waals surface area contributed by atoms with E-state index in [1.807, 2.05) is 0 Å². The van der Waals surface area contributed by atoms with E-state index in [9.17, 15) is 8.42 Å². The first-order chi connectivity index (χ1) is 8.37. The lowest BCUT2D eigenvalue weighted by atomic mass is 10.1. The predicted octanol–water partition coefficient (Wildman–Crippen LogP) is -0.496. The van der Waals surface area contributed by atoms with Crippen LogP contribution in [-0.2, 0) is 9.84 Å². The molecule has 0 aliphatic carbocycles. The number of nitrogens with one attached hydrogen (secondary N) is 1. The Labute approximate surface area is 111 Å². The Balaban J connectivity index is 2.01. The molecule has 6 heteroatoms. The first kappa shape index (κ1) is 15.9. The monoisotopic (exact) mass is 277 g/mol. The highest BCUT2D eigenvalue weighted by Gasteiger charge is 2.20. The van der Waals surface area contributed by atoms with Gasteiger partial charge in [0.15, 0.2) is 0 Å². The van der Waals surface area contributed by atoms with Crippen LogP contribution in [0, 0.1) is 5.92 Å². The van der Waals surface area contributed by atoms with Crippen LogP contribution in [0.1, 0.15) is 6.42 Å². The van der Waals surface area contributed by atoms with Gasteiger partial charge in [-0.15, -0.1) is 0 Å². The van der Waals surface area contributed by atoms with Crippen LogP contribution in [-0.4, -0.2) is 83.6 Å². The van der Waals surface area contributed by atoms with E-state index in [1.54, 1.807) is 0 Å². The van der Waals surface area contributed by atoms with E-state index in [1.165, 1.54) is 25.8 Å². The summed E-state index contributed by atoms with van der Waals surface area (Å²) in [6, 6.07) is 0. The number of hydrogen-bond donors (Lipinski definition) is 1. The third kappa shape index (κ3) is 7.31. The average Bonchev–Trinajstić information content (AvgIpc) is 2.61. The lowest BCUT2D eigenvalue weighted by Gasteiger charge is -2.21. The molecule has 1 heterocycles. The van der Waals surface area contributed by atoms with Crippen molar-refractivity contribution < 1.29 is 8.42 Å². The molecule has 0 amide bonds. The van der Waals surface area contributed by atoms with Crippen molar-refractivity contribution >= 4 is 9.84 Å². The lowest BCUT2D eigenvalue weighted by molar-refractivity contribution is 0.274. The average molecular weight is 277 g/mol. The third-order valence-corrected chi connectivity index (χ3v) is 4.32. The zero-order valence-electron chi connectivity index (χ0n) is 11.9. The molecule has 18 heavy (non-hydrogen) atoms. The van der Waals surface area contributed by atoms with Crippen LogP contribution in [0.3, 0.4) is 0 Å². The van der Waals surface area contributed by atoms with E-state index >= 15 is 0 Å². The van der Waals surface area contributed by atoms with Gasteiger partial charge in [0, 0.05) is 39.0 Å². The van der Waals surface area contributed by atoms with Gasteiger partial charge in [0.2, 0.25) is 0 Å². The largest absolute Gasteiger partial charge is 0.314 e. The minimum absolute atomic E-state index is 0.226. The summed E-state index contributed by atoms with van der Waals surface area (Å²) in [5.74, 6) is 1.01. The normalized spacial score (nSPS) is 21.9. The topological polar surface area (TPSA) is 52.7 Å². The van der Waals surface area contributed by atoms with E-state index in [0.717, 1.165) is 25.6 Å². The highest BCUT2D eigenvalue weighted by molar-refractivity contribution is 7.90. The summed E-state index contributed by atoms with van der Waals surface area (Å²) in [7, 11) is 1.48. The molecule has 1 rings (SSSR count). The van der Waals surface area contributed by atoms with Gasteiger partial charge >= 0.3 is 0 Å². The van der Waals surface area contributed by atoms with Gasteiger partial charge in [-0.05, 0) is 33.0 Å². The van der Waals surface area contributed by atoms with Crippen molar-refractivity contribution in [1.29, 1.82) is 0 Å². The Morgan fingerprint density at radius 1 is 1.39 bits per heavy atom. The van der Waals surface area contributed by atoms with Crippen LogP contribution in [0.15, 0.2) is 0 Å². The van der Waals surface area contributed by atoms with Crippen LogP contribution in [0.25, 0.3) is 0 Å². The zero-order chi connectivity index (χ0) is 13.6. The highest BCUT2D eigenvalue weighted by atomic mass is 32.2. The maximum Gasteiger partial charge on any atom is 0.148 e. The summed E-state index contributed by atoms with van der Waals surface area (Å²) in [4.78, 5) is 4.71. The maximum atomic E-state index is 10.9. The number of rotatable bonds is 8. The Kier molecular flexibility index (Phi) is 6.55. The summed E-state index contributed by atoms with van der Waals surface area (Å²) in [5.41, 5.74) is 0. The summed E-state index contributed by atoms with van der Waals surface area (Å²) in [5, 5.41) is 3.18. The van der Waals surface area contributed by atoms with Gasteiger partial charge in [0.05, 0.1) is 5.75 Å². The fraction of sp³-hybridized carbons (Fsp3) is 1.00. The van der Waals surface area contributed by atoms with Crippen LogP contribution in [0.2, 0.25) is 0 Å². The fourth-order valence-corrected chi connectivity index (χ4v) is 2.88. The number of hydrogen-bond acceptors (Lipinski definition) is 5. The molecular weight excluding hydrogens is 250 g/mol. The van der Waals surface area contributed by atoms with Gasteiger partial charge < -0.3 is 15.1 Å². The lowest BCUT2D eigenvalue weighted by Crippen LogP contribution is -2.34. The number of likely N-dealkylation sites (N-methyl/N-ethyl adjacent to an activating group) is 1. The van der Waals surface area contributed by atoms with Crippen LogP contribution in [0.4, 0.5) is 0 Å². The van der Waals surface area contributed by atoms with Crippen LogP contribution < -0.4 is 5.32 Å². The quantitative estimate of drug-likeness (QED) is 0.607. The van der Waals surface area contributed by atoms with Gasteiger partial charge in [0.1, 0.15) is 9.84 Å². The van der Waals surface area contributed by atoms with Crippen molar-refractivity contribution in [3.05, 3.63) is 0 Å². The molecule has 5 nitrogen and oxygen atoms in total. The Bertz CT molecular complexity index is 332. The molecule has 1 fully saturated rings. The van der Waals surface area contributed by atoms with Crippen molar-refractivity contribution in [2.24, 2.45) is 5.92 Å². The van der Waals surface area contributed by atoms with E-state index in [-0.39, 0.29) is 5.75 Å². The molecule has 1 aliphatic rings. The highest BCUT2D eigenvalue weighted by Crippen LogP contribution is 2.14. The molecule has 108 valence electrons. The van der Waals surface area contributed by atoms with Crippen LogP contribution >= 0.6 is 0 Å². The first-order valence-corrected chi connectivity index (χ1v) is 8.68. The second-order valence-electron chi connectivity index (χ2n) is 5.56. The predicted molar refractivity (Wildman–Crippen MR) is 75.7 cm³/mol. The minimum Gasteiger partial charge on any atom is -0.314 e. The summed E-state index contributed by atoms with van der Waals surface area (Å²) < 4.78 is 21.9. The molecule has 0 spiro atoms. The molecule has 0 aromatic heterocycles. The second-order valence-corrected chi connectivity index (χ2v) is 7.82. The molecule has 0 aromatic carbocycles. The number of nitrogens with zero attached hydrogens (tertiary/aromatic N) is 2. The van der Waals surface area contributed by atoms with Gasteiger partial charge in [-0.3, -0.25) is 0 Å². The molecule has 0 aromatic rings. The van der Waals surface area contributed by atoms with Crippen molar-refractivity contribution in [2.75, 3.05) is 65.4 Å². The summed E-state index contributed by atoms with van der Waals surface area (Å²) in [6.45, 7) is 5.94. The van der Waals surface area contributed by atoms with E-state index < -0.39 is 9.84 Å². The maximum absolute atomic E-state index is 10.9. The van der Waals surface area contributed by atoms with E-state index in [4.69, 9.17) is 0 Å². The zero-order valence-corrected chi connectivity index (χ0v) is 12.7. The molecular formula is C12H27N3O2S. The smallest absolute Gasteiger partial charge is 0.148 e. The first-order valence-electron chi connectivity index (χ1n) is 6.62. The molecule has 0 saturated carbocycles. The minimum atomic E-state index is -2.83. The Morgan fingerprint density at radius 2 is 2.11 bits per heavy atom. The van der Waals surface area contributed by atoms with Crippen molar-refractivity contribution in [2.45, 2.75) is 6.42 Å². The van der Waals surface area contributed by atoms with E-state index in [2.05, 4.69) is 29.2 Å². The fourth-order valence-electron chi connectivity index (χ4n) is 2.36. The molecule has 1 atom stereocenters. The third-order valence-electron chi connectivity index (χ3n) is 3.38. The van der Waals surface area contributed by atoms with E-state index in [0.29, 0.717) is 6.54 Å². The molecule has 1 N–H and O–H groups in total. The summed E-state index contributed by atoms with van der Waals surface area (Å²) in [6.07, 6.45) is 2.57. The van der Waals surface area contributed by atoms with Crippen molar-refractivity contribution in [3.63, 3.8) is 0 Å². The number of sulfone groups is 1. The number of likely N-dealkylation sites (tertiary alicyclic amines) is 1. The van der Waals surface area contributed by atoms with Gasteiger partial charge in [-0.1, -0.05) is 0 Å².